The number of carbonyl (C=O) groups is 1. The van der Waals surface area contributed by atoms with Crippen LogP contribution >= 0.6 is 0 Å². The molecule has 0 unspecified atom stereocenters. The minimum Gasteiger partial charge on any atom is -0.466 e. The molecule has 1 saturated heterocycles. The van der Waals surface area contributed by atoms with Gasteiger partial charge < -0.3 is 4.74 Å². The quantitative estimate of drug-likeness (QED) is 0.682. The molecule has 1 saturated carbocycles. The third-order valence-electron chi connectivity index (χ3n) is 6.69. The van der Waals surface area contributed by atoms with Gasteiger partial charge in [-0.25, -0.2) is 8.78 Å². The van der Waals surface area contributed by atoms with Crippen molar-refractivity contribution in [2.24, 2.45) is 11.8 Å². The van der Waals surface area contributed by atoms with Gasteiger partial charge in [0, 0.05) is 30.6 Å². The SMILES string of the molecule is CCOC(=O)[C@@H]1CN(C(C)(C)C2CCCCC2)C[C@H]1c1ccc(F)cc1F. The highest BCUT2D eigenvalue weighted by molar-refractivity contribution is 5.74. The number of rotatable bonds is 5. The van der Waals surface area contributed by atoms with Crippen LogP contribution in [-0.4, -0.2) is 36.1 Å². The van der Waals surface area contributed by atoms with Gasteiger partial charge in [-0.05, 0) is 51.2 Å². The Morgan fingerprint density at radius 2 is 1.89 bits per heavy atom. The van der Waals surface area contributed by atoms with Crippen molar-refractivity contribution in [3.8, 4) is 0 Å². The highest BCUT2D eigenvalue weighted by atomic mass is 19.1. The van der Waals surface area contributed by atoms with E-state index in [9.17, 15) is 13.6 Å². The van der Waals surface area contributed by atoms with E-state index in [1.165, 1.54) is 44.2 Å². The van der Waals surface area contributed by atoms with Crippen LogP contribution in [0.25, 0.3) is 0 Å². The monoisotopic (exact) mass is 379 g/mol. The topological polar surface area (TPSA) is 29.5 Å². The fourth-order valence-corrected chi connectivity index (χ4v) is 4.95. The number of nitrogens with zero attached hydrogens (tertiary/aromatic N) is 1. The van der Waals surface area contributed by atoms with Gasteiger partial charge in [0.25, 0.3) is 0 Å². The second kappa shape index (κ2) is 8.26. The number of halogens is 2. The van der Waals surface area contributed by atoms with Crippen molar-refractivity contribution < 1.29 is 18.3 Å². The average molecular weight is 379 g/mol. The molecule has 1 aromatic carbocycles. The second-order valence-electron chi connectivity index (χ2n) is 8.52. The van der Waals surface area contributed by atoms with Gasteiger partial charge in [0.2, 0.25) is 0 Å². The van der Waals surface area contributed by atoms with Crippen LogP contribution in [0.4, 0.5) is 8.78 Å². The molecule has 0 spiro atoms. The molecule has 1 heterocycles. The first kappa shape index (κ1) is 20.2. The van der Waals surface area contributed by atoms with Gasteiger partial charge in [-0.1, -0.05) is 25.3 Å². The van der Waals surface area contributed by atoms with E-state index < -0.39 is 17.6 Å². The van der Waals surface area contributed by atoms with Crippen LogP contribution in [0.3, 0.4) is 0 Å². The van der Waals surface area contributed by atoms with E-state index in [1.807, 2.05) is 0 Å². The minimum absolute atomic E-state index is 0.0591. The number of hydrogen-bond donors (Lipinski definition) is 0. The van der Waals surface area contributed by atoms with Crippen molar-refractivity contribution in [1.29, 1.82) is 0 Å². The third-order valence-corrected chi connectivity index (χ3v) is 6.69. The first-order chi connectivity index (χ1) is 12.8. The molecule has 3 rings (SSSR count). The van der Waals surface area contributed by atoms with Crippen LogP contribution in [0, 0.1) is 23.5 Å². The fraction of sp³-hybridized carbons (Fsp3) is 0.682. The van der Waals surface area contributed by atoms with E-state index in [1.54, 1.807) is 6.92 Å². The normalized spacial score (nSPS) is 24.9. The van der Waals surface area contributed by atoms with E-state index in [0.29, 0.717) is 31.2 Å². The average Bonchev–Trinajstić information content (AvgIpc) is 3.08. The van der Waals surface area contributed by atoms with Crippen LogP contribution in [0.1, 0.15) is 64.4 Å². The van der Waals surface area contributed by atoms with Crippen LogP contribution in [-0.2, 0) is 9.53 Å². The zero-order valence-electron chi connectivity index (χ0n) is 16.6. The lowest BCUT2D eigenvalue weighted by Crippen LogP contribution is -2.49. The highest BCUT2D eigenvalue weighted by Crippen LogP contribution is 2.43. The van der Waals surface area contributed by atoms with Crippen LogP contribution in [0.15, 0.2) is 18.2 Å². The lowest BCUT2D eigenvalue weighted by Gasteiger charge is -2.44. The fourth-order valence-electron chi connectivity index (χ4n) is 4.95. The Kier molecular flexibility index (Phi) is 6.19. The van der Waals surface area contributed by atoms with Gasteiger partial charge in [0.05, 0.1) is 12.5 Å². The number of carbonyl (C=O) groups excluding carboxylic acids is 1. The molecule has 0 radical (unpaired) electrons. The maximum atomic E-state index is 14.5. The Hall–Kier alpha value is -1.49. The summed E-state index contributed by atoms with van der Waals surface area (Å²) in [5.74, 6) is -1.62. The minimum atomic E-state index is -0.596. The maximum absolute atomic E-state index is 14.5. The van der Waals surface area contributed by atoms with E-state index >= 15 is 0 Å². The summed E-state index contributed by atoms with van der Waals surface area (Å²) in [6.07, 6.45) is 6.19. The first-order valence-electron chi connectivity index (χ1n) is 10.2. The Morgan fingerprint density at radius 1 is 1.19 bits per heavy atom. The zero-order valence-corrected chi connectivity index (χ0v) is 16.6. The standard InChI is InChI=1S/C22H31F2NO2/c1-4-27-21(26)19-14-25(22(2,3)15-8-6-5-7-9-15)13-18(19)17-11-10-16(23)12-20(17)24/h10-12,15,18-19H,4-9,13-14H2,1-3H3/t18-,19+/m0/s1. The predicted octanol–water partition coefficient (Wildman–Crippen LogP) is 4.90. The molecule has 1 aliphatic carbocycles. The molecule has 150 valence electrons. The van der Waals surface area contributed by atoms with Crippen molar-refractivity contribution in [3.05, 3.63) is 35.4 Å². The molecule has 0 N–H and O–H groups in total. The van der Waals surface area contributed by atoms with Gasteiger partial charge >= 0.3 is 5.97 Å². The van der Waals surface area contributed by atoms with Crippen molar-refractivity contribution in [2.45, 2.75) is 64.3 Å². The van der Waals surface area contributed by atoms with E-state index in [4.69, 9.17) is 4.74 Å². The number of likely N-dealkylation sites (tertiary alicyclic amines) is 1. The molecule has 0 amide bonds. The summed E-state index contributed by atoms with van der Waals surface area (Å²) in [6.45, 7) is 7.73. The molecular formula is C22H31F2NO2. The summed E-state index contributed by atoms with van der Waals surface area (Å²) >= 11 is 0. The molecule has 2 aliphatic rings. The molecule has 0 aromatic heterocycles. The Labute approximate surface area is 161 Å². The van der Waals surface area contributed by atoms with Crippen molar-refractivity contribution in [2.75, 3.05) is 19.7 Å². The summed E-state index contributed by atoms with van der Waals surface area (Å²) in [5.41, 5.74) is 0.354. The van der Waals surface area contributed by atoms with Gasteiger partial charge in [-0.2, -0.15) is 0 Å². The van der Waals surface area contributed by atoms with Gasteiger partial charge in [-0.15, -0.1) is 0 Å². The molecular weight excluding hydrogens is 348 g/mol. The second-order valence-corrected chi connectivity index (χ2v) is 8.52. The lowest BCUT2D eigenvalue weighted by atomic mass is 9.76. The Balaban J connectivity index is 1.87. The van der Waals surface area contributed by atoms with E-state index in [-0.39, 0.29) is 17.4 Å². The number of ether oxygens (including phenoxy) is 1. The van der Waals surface area contributed by atoms with E-state index in [0.717, 1.165) is 6.07 Å². The Bertz CT molecular complexity index is 670. The molecule has 1 aliphatic heterocycles. The highest BCUT2D eigenvalue weighted by Gasteiger charge is 2.47. The van der Waals surface area contributed by atoms with Gasteiger partial charge in [0.15, 0.2) is 0 Å². The van der Waals surface area contributed by atoms with Crippen molar-refractivity contribution in [3.63, 3.8) is 0 Å². The van der Waals surface area contributed by atoms with Crippen LogP contribution < -0.4 is 0 Å². The summed E-state index contributed by atoms with van der Waals surface area (Å²) in [6, 6.07) is 3.67. The van der Waals surface area contributed by atoms with Crippen LogP contribution in [0.5, 0.6) is 0 Å². The smallest absolute Gasteiger partial charge is 0.310 e. The summed E-state index contributed by atoms with van der Waals surface area (Å²) in [7, 11) is 0. The number of hydrogen-bond acceptors (Lipinski definition) is 3. The largest absolute Gasteiger partial charge is 0.466 e. The summed E-state index contributed by atoms with van der Waals surface area (Å²) in [4.78, 5) is 14.9. The predicted molar refractivity (Wildman–Crippen MR) is 101 cm³/mol. The number of esters is 1. The number of benzene rings is 1. The molecule has 2 fully saturated rings. The van der Waals surface area contributed by atoms with Crippen LogP contribution in [0.2, 0.25) is 0 Å². The lowest BCUT2D eigenvalue weighted by molar-refractivity contribution is -0.148. The van der Waals surface area contributed by atoms with Crippen molar-refractivity contribution in [1.82, 2.24) is 4.90 Å². The molecule has 3 nitrogen and oxygen atoms in total. The van der Waals surface area contributed by atoms with Gasteiger partial charge in [0.1, 0.15) is 11.6 Å². The maximum Gasteiger partial charge on any atom is 0.310 e. The third kappa shape index (κ3) is 4.18. The summed E-state index contributed by atoms with van der Waals surface area (Å²) < 4.78 is 33.2. The molecule has 5 heteroatoms. The van der Waals surface area contributed by atoms with Gasteiger partial charge in [-0.3, -0.25) is 9.69 Å². The molecule has 0 bridgehead atoms. The molecule has 27 heavy (non-hydrogen) atoms. The summed E-state index contributed by atoms with van der Waals surface area (Å²) in [5, 5.41) is 0. The van der Waals surface area contributed by atoms with E-state index in [2.05, 4.69) is 18.7 Å². The van der Waals surface area contributed by atoms with Crippen molar-refractivity contribution >= 4 is 5.97 Å². The molecule has 2 atom stereocenters. The zero-order chi connectivity index (χ0) is 19.6. The Morgan fingerprint density at radius 3 is 2.52 bits per heavy atom. The molecule has 1 aromatic rings. The first-order valence-corrected chi connectivity index (χ1v) is 10.2.